The summed E-state index contributed by atoms with van der Waals surface area (Å²) in [5.41, 5.74) is 1.91. The number of hydrogen-bond donors (Lipinski definition) is 2. The van der Waals surface area contributed by atoms with Crippen molar-refractivity contribution in [3.63, 3.8) is 0 Å². The average Bonchev–Trinajstić information content (AvgIpc) is 2.84. The molecule has 0 atom stereocenters. The van der Waals surface area contributed by atoms with E-state index in [0.29, 0.717) is 47.2 Å². The quantitative estimate of drug-likeness (QED) is 0.551. The molecule has 0 radical (unpaired) electrons. The Morgan fingerprint density at radius 2 is 1.82 bits per heavy atom. The summed E-state index contributed by atoms with van der Waals surface area (Å²) >= 11 is 6.19. The van der Waals surface area contributed by atoms with Crippen LogP contribution in [0.4, 0.5) is 4.79 Å². The maximum absolute atomic E-state index is 13.1. The second-order valence-electron chi connectivity index (χ2n) is 8.25. The van der Waals surface area contributed by atoms with Gasteiger partial charge < -0.3 is 19.9 Å². The summed E-state index contributed by atoms with van der Waals surface area (Å²) < 4.78 is 6.71. The molecule has 7 nitrogen and oxygen atoms in total. The molecule has 3 aromatic rings. The third-order valence-electron chi connectivity index (χ3n) is 6.11. The van der Waals surface area contributed by atoms with Gasteiger partial charge in [-0.05, 0) is 56.0 Å². The number of benzene rings is 2. The fraction of sp³-hybridized carbons (Fsp3) is 0.320. The van der Waals surface area contributed by atoms with Crippen molar-refractivity contribution in [2.45, 2.75) is 38.3 Å². The predicted molar refractivity (Wildman–Crippen MR) is 128 cm³/mol. The van der Waals surface area contributed by atoms with Crippen LogP contribution in [0.3, 0.4) is 0 Å². The summed E-state index contributed by atoms with van der Waals surface area (Å²) in [6.45, 7) is 0.0908. The molecule has 1 saturated carbocycles. The molecular formula is C25H26ClN3O4. The number of fused-ring (bicyclic) bond motifs is 1. The van der Waals surface area contributed by atoms with Crippen molar-refractivity contribution in [2.75, 3.05) is 7.11 Å². The highest BCUT2D eigenvalue weighted by Crippen LogP contribution is 2.25. The van der Waals surface area contributed by atoms with Gasteiger partial charge in [-0.15, -0.1) is 0 Å². The number of nitrogens with zero attached hydrogens (tertiary/aromatic N) is 1. The molecule has 0 spiro atoms. The molecule has 0 aliphatic heterocycles. The maximum atomic E-state index is 13.1. The van der Waals surface area contributed by atoms with E-state index in [1.54, 1.807) is 24.4 Å². The predicted octanol–water partition coefficient (Wildman–Crippen LogP) is 4.18. The molecule has 0 unspecified atom stereocenters. The van der Waals surface area contributed by atoms with Crippen LogP contribution >= 0.6 is 11.6 Å². The van der Waals surface area contributed by atoms with Crippen LogP contribution in [0.25, 0.3) is 16.6 Å². The summed E-state index contributed by atoms with van der Waals surface area (Å²) in [7, 11) is 1.40. The number of carbonyl (C=O) groups excluding carboxylic acids is 2. The van der Waals surface area contributed by atoms with Gasteiger partial charge in [0.05, 0.1) is 18.5 Å². The first-order valence-corrected chi connectivity index (χ1v) is 11.4. The van der Waals surface area contributed by atoms with E-state index in [0.717, 1.165) is 5.69 Å². The number of urea groups is 1. The van der Waals surface area contributed by atoms with Crippen molar-refractivity contribution in [1.82, 2.24) is 15.2 Å². The number of halogens is 1. The van der Waals surface area contributed by atoms with E-state index in [4.69, 9.17) is 16.3 Å². The molecule has 33 heavy (non-hydrogen) atoms. The zero-order valence-corrected chi connectivity index (χ0v) is 19.1. The van der Waals surface area contributed by atoms with Gasteiger partial charge in [0, 0.05) is 40.4 Å². The van der Waals surface area contributed by atoms with Gasteiger partial charge in [-0.2, -0.15) is 0 Å². The summed E-state index contributed by atoms with van der Waals surface area (Å²) in [5.74, 6) is -0.288. The zero-order chi connectivity index (χ0) is 23.4. The molecule has 4 rings (SSSR count). The van der Waals surface area contributed by atoms with Gasteiger partial charge in [0.25, 0.3) is 0 Å². The third-order valence-corrected chi connectivity index (χ3v) is 6.35. The van der Waals surface area contributed by atoms with E-state index >= 15 is 0 Å². The molecular weight excluding hydrogens is 442 g/mol. The Balaban J connectivity index is 1.48. The maximum Gasteiger partial charge on any atom is 0.315 e. The molecule has 0 saturated heterocycles. The normalized spacial score (nSPS) is 18.0. The number of para-hydroxylation sites is 1. The Morgan fingerprint density at radius 1 is 1.09 bits per heavy atom. The third kappa shape index (κ3) is 5.20. The second-order valence-corrected chi connectivity index (χ2v) is 8.69. The number of aromatic nitrogens is 1. The first-order chi connectivity index (χ1) is 16.0. The number of esters is 1. The Morgan fingerprint density at radius 3 is 2.52 bits per heavy atom. The minimum atomic E-state index is -0.335. The molecule has 2 N–H and O–H groups in total. The number of rotatable bonds is 5. The smallest absolute Gasteiger partial charge is 0.315 e. The van der Waals surface area contributed by atoms with Crippen LogP contribution in [-0.2, 0) is 16.1 Å². The van der Waals surface area contributed by atoms with Crippen LogP contribution in [0, 0.1) is 5.92 Å². The number of methoxy groups -OCH3 is 1. The number of amides is 2. The van der Waals surface area contributed by atoms with E-state index in [1.807, 2.05) is 34.9 Å². The SMILES string of the molecule is COC(=O)[C@H]1CC[C@@H](NC(=O)NCc2cn(-c3ccccc3)c3cc(Cl)ccc3c2=O)CC1. The molecule has 1 aliphatic carbocycles. The van der Waals surface area contributed by atoms with E-state index in [1.165, 1.54) is 7.11 Å². The van der Waals surface area contributed by atoms with Gasteiger partial charge in [-0.25, -0.2) is 4.79 Å². The topological polar surface area (TPSA) is 89.4 Å². The van der Waals surface area contributed by atoms with Crippen LogP contribution in [0.1, 0.15) is 31.2 Å². The van der Waals surface area contributed by atoms with Crippen LogP contribution < -0.4 is 16.1 Å². The average molecular weight is 468 g/mol. The Kier molecular flexibility index (Phi) is 6.99. The Hall–Kier alpha value is -3.32. The highest BCUT2D eigenvalue weighted by molar-refractivity contribution is 6.31. The van der Waals surface area contributed by atoms with Crippen LogP contribution in [0.15, 0.2) is 59.5 Å². The molecule has 1 aromatic heterocycles. The van der Waals surface area contributed by atoms with E-state index in [-0.39, 0.29) is 35.9 Å². The van der Waals surface area contributed by atoms with Crippen molar-refractivity contribution in [3.8, 4) is 5.69 Å². The molecule has 8 heteroatoms. The molecule has 172 valence electrons. The number of nitrogens with one attached hydrogen (secondary N) is 2. The highest BCUT2D eigenvalue weighted by Gasteiger charge is 2.27. The first-order valence-electron chi connectivity index (χ1n) is 11.0. The Bertz CT molecular complexity index is 1220. The number of pyridine rings is 1. The second kappa shape index (κ2) is 10.1. The van der Waals surface area contributed by atoms with Gasteiger partial charge in [0.2, 0.25) is 0 Å². The fourth-order valence-electron chi connectivity index (χ4n) is 4.33. The monoisotopic (exact) mass is 467 g/mol. The van der Waals surface area contributed by atoms with Crippen LogP contribution in [-0.4, -0.2) is 29.7 Å². The molecule has 1 heterocycles. The number of hydrogen-bond acceptors (Lipinski definition) is 4. The van der Waals surface area contributed by atoms with E-state index < -0.39 is 0 Å². The zero-order valence-electron chi connectivity index (χ0n) is 18.3. The lowest BCUT2D eigenvalue weighted by Gasteiger charge is -2.27. The van der Waals surface area contributed by atoms with Gasteiger partial charge in [-0.3, -0.25) is 9.59 Å². The highest BCUT2D eigenvalue weighted by atomic mass is 35.5. The van der Waals surface area contributed by atoms with Crippen molar-refractivity contribution in [2.24, 2.45) is 5.92 Å². The van der Waals surface area contributed by atoms with Gasteiger partial charge >= 0.3 is 12.0 Å². The summed E-state index contributed by atoms with van der Waals surface area (Å²) in [6, 6.07) is 14.5. The first kappa shape index (κ1) is 22.9. The van der Waals surface area contributed by atoms with Gasteiger partial charge in [-0.1, -0.05) is 29.8 Å². The van der Waals surface area contributed by atoms with Gasteiger partial charge in [0.1, 0.15) is 0 Å². The molecule has 2 amide bonds. The molecule has 0 bridgehead atoms. The largest absolute Gasteiger partial charge is 0.469 e. The minimum Gasteiger partial charge on any atom is -0.469 e. The van der Waals surface area contributed by atoms with E-state index in [9.17, 15) is 14.4 Å². The van der Waals surface area contributed by atoms with E-state index in [2.05, 4.69) is 10.6 Å². The lowest BCUT2D eigenvalue weighted by Crippen LogP contribution is -2.44. The van der Waals surface area contributed by atoms with Gasteiger partial charge in [0.15, 0.2) is 5.43 Å². The van der Waals surface area contributed by atoms with Crippen LogP contribution in [0.5, 0.6) is 0 Å². The van der Waals surface area contributed by atoms with Crippen molar-refractivity contribution in [3.05, 3.63) is 75.5 Å². The van der Waals surface area contributed by atoms with Crippen LogP contribution in [0.2, 0.25) is 5.02 Å². The molecule has 1 fully saturated rings. The number of carbonyl (C=O) groups is 2. The van der Waals surface area contributed by atoms with Crippen molar-refractivity contribution >= 4 is 34.5 Å². The number of ether oxygens (including phenoxy) is 1. The fourth-order valence-corrected chi connectivity index (χ4v) is 4.50. The summed E-state index contributed by atoms with van der Waals surface area (Å²) in [4.78, 5) is 37.2. The van der Waals surface area contributed by atoms with Crippen molar-refractivity contribution in [1.29, 1.82) is 0 Å². The standard InChI is InChI=1S/C25H26ClN3O4/c1-33-24(31)16-7-10-19(11-8-16)28-25(32)27-14-17-15-29(20-5-3-2-4-6-20)22-13-18(26)9-12-21(22)23(17)30/h2-6,9,12-13,15-16,19H,7-8,10-11,14H2,1H3,(H2,27,28,32)/t16-,19+. The summed E-state index contributed by atoms with van der Waals surface area (Å²) in [6.07, 6.45) is 4.55. The minimum absolute atomic E-state index is 0.00868. The lowest BCUT2D eigenvalue weighted by molar-refractivity contribution is -0.146. The summed E-state index contributed by atoms with van der Waals surface area (Å²) in [5, 5.41) is 6.83. The molecule has 1 aliphatic rings. The Labute approximate surface area is 196 Å². The van der Waals surface area contributed by atoms with Crippen molar-refractivity contribution < 1.29 is 14.3 Å². The molecule has 2 aromatic carbocycles. The lowest BCUT2D eigenvalue weighted by atomic mass is 9.86.